The summed E-state index contributed by atoms with van der Waals surface area (Å²) in [5.74, 6) is -0.300. The lowest BCUT2D eigenvalue weighted by Gasteiger charge is -2.11. The maximum atomic E-state index is 11.5. The molecule has 0 spiro atoms. The van der Waals surface area contributed by atoms with E-state index in [9.17, 15) is 13.2 Å². The fourth-order valence-corrected chi connectivity index (χ4v) is 1.61. The second-order valence-corrected chi connectivity index (χ2v) is 5.30. The average Bonchev–Trinajstić information content (AvgIpc) is 2.36. The first-order chi connectivity index (χ1) is 8.87. The maximum Gasteiger partial charge on any atom is 0.341 e. The minimum Gasteiger partial charge on any atom is -0.497 e. The summed E-state index contributed by atoms with van der Waals surface area (Å²) in [6.07, 6.45) is 0. The van der Waals surface area contributed by atoms with Crippen LogP contribution in [0.2, 0.25) is 0 Å². The first-order valence-corrected chi connectivity index (χ1v) is 6.98. The minimum atomic E-state index is -3.62. The van der Waals surface area contributed by atoms with Crippen molar-refractivity contribution in [3.8, 4) is 11.5 Å². The zero-order valence-corrected chi connectivity index (χ0v) is 11.4. The molecular formula is C11H15NO6S. The van der Waals surface area contributed by atoms with Gasteiger partial charge < -0.3 is 14.2 Å². The Morgan fingerprint density at radius 2 is 2.00 bits per heavy atom. The van der Waals surface area contributed by atoms with Crippen molar-refractivity contribution in [2.24, 2.45) is 5.14 Å². The van der Waals surface area contributed by atoms with Crippen molar-refractivity contribution in [1.82, 2.24) is 0 Å². The number of benzene rings is 1. The monoisotopic (exact) mass is 289 g/mol. The SMILES string of the molecule is COC(=O)c1ccc(OC)cc1OCCS(N)(=O)=O. The Kier molecular flexibility index (Phi) is 5.13. The lowest BCUT2D eigenvalue weighted by atomic mass is 10.2. The zero-order valence-electron chi connectivity index (χ0n) is 10.6. The van der Waals surface area contributed by atoms with Crippen molar-refractivity contribution < 1.29 is 27.4 Å². The molecule has 0 bridgehead atoms. The van der Waals surface area contributed by atoms with Crippen LogP contribution in [0.15, 0.2) is 18.2 Å². The summed E-state index contributed by atoms with van der Waals surface area (Å²) in [5.41, 5.74) is 0.178. The maximum absolute atomic E-state index is 11.5. The molecule has 0 saturated carbocycles. The van der Waals surface area contributed by atoms with Gasteiger partial charge in [0.1, 0.15) is 23.7 Å². The van der Waals surface area contributed by atoms with Gasteiger partial charge in [-0.25, -0.2) is 18.4 Å². The highest BCUT2D eigenvalue weighted by Crippen LogP contribution is 2.25. The number of esters is 1. The molecule has 0 unspecified atom stereocenters. The molecule has 0 radical (unpaired) electrons. The quantitative estimate of drug-likeness (QED) is 0.747. The molecule has 0 saturated heterocycles. The number of ether oxygens (including phenoxy) is 3. The largest absolute Gasteiger partial charge is 0.497 e. The third-order valence-corrected chi connectivity index (χ3v) is 2.96. The van der Waals surface area contributed by atoms with Gasteiger partial charge in [-0.15, -0.1) is 0 Å². The van der Waals surface area contributed by atoms with Crippen LogP contribution in [0.4, 0.5) is 0 Å². The summed E-state index contributed by atoms with van der Waals surface area (Å²) in [7, 11) is -0.925. The molecule has 0 fully saturated rings. The van der Waals surface area contributed by atoms with Crippen molar-refractivity contribution in [3.63, 3.8) is 0 Å². The Morgan fingerprint density at radius 1 is 1.32 bits per heavy atom. The second kappa shape index (κ2) is 6.39. The number of primary sulfonamides is 1. The van der Waals surface area contributed by atoms with Crippen LogP contribution in [-0.2, 0) is 14.8 Å². The highest BCUT2D eigenvalue weighted by Gasteiger charge is 2.15. The van der Waals surface area contributed by atoms with Gasteiger partial charge in [-0.1, -0.05) is 0 Å². The predicted molar refractivity (Wildman–Crippen MR) is 67.8 cm³/mol. The molecule has 0 amide bonds. The minimum absolute atomic E-state index is 0.171. The van der Waals surface area contributed by atoms with E-state index >= 15 is 0 Å². The van der Waals surface area contributed by atoms with E-state index in [0.717, 1.165) is 0 Å². The van der Waals surface area contributed by atoms with Gasteiger partial charge in [-0.2, -0.15) is 0 Å². The molecule has 1 rings (SSSR count). The van der Waals surface area contributed by atoms with Crippen LogP contribution in [-0.4, -0.2) is 41.0 Å². The number of sulfonamides is 1. The number of carbonyl (C=O) groups excluding carboxylic acids is 1. The van der Waals surface area contributed by atoms with Crippen molar-refractivity contribution in [3.05, 3.63) is 23.8 Å². The van der Waals surface area contributed by atoms with Gasteiger partial charge in [-0.05, 0) is 12.1 Å². The van der Waals surface area contributed by atoms with E-state index < -0.39 is 16.0 Å². The average molecular weight is 289 g/mol. The van der Waals surface area contributed by atoms with Crippen LogP contribution in [0.5, 0.6) is 11.5 Å². The molecule has 0 heterocycles. The van der Waals surface area contributed by atoms with Crippen molar-refractivity contribution in [2.75, 3.05) is 26.6 Å². The van der Waals surface area contributed by atoms with Crippen LogP contribution < -0.4 is 14.6 Å². The number of rotatable bonds is 6. The molecule has 0 aliphatic carbocycles. The number of nitrogens with two attached hydrogens (primary N) is 1. The molecule has 106 valence electrons. The third-order valence-electron chi connectivity index (χ3n) is 2.22. The summed E-state index contributed by atoms with van der Waals surface area (Å²) in [6, 6.07) is 4.51. The highest BCUT2D eigenvalue weighted by atomic mass is 32.2. The van der Waals surface area contributed by atoms with Crippen molar-refractivity contribution in [1.29, 1.82) is 0 Å². The number of methoxy groups -OCH3 is 2. The number of hydrogen-bond acceptors (Lipinski definition) is 6. The van der Waals surface area contributed by atoms with Crippen LogP contribution in [0.3, 0.4) is 0 Å². The topological polar surface area (TPSA) is 105 Å². The van der Waals surface area contributed by atoms with E-state index in [4.69, 9.17) is 14.6 Å². The first kappa shape index (κ1) is 15.3. The Labute approximate surface area is 111 Å². The number of carbonyl (C=O) groups is 1. The van der Waals surface area contributed by atoms with Gasteiger partial charge in [0.25, 0.3) is 0 Å². The normalized spacial score (nSPS) is 10.9. The molecule has 8 heteroatoms. The molecule has 1 aromatic rings. The Bertz CT molecular complexity index is 554. The van der Waals surface area contributed by atoms with E-state index in [1.54, 1.807) is 6.07 Å². The smallest absolute Gasteiger partial charge is 0.341 e. The van der Waals surface area contributed by atoms with E-state index in [1.165, 1.54) is 26.4 Å². The van der Waals surface area contributed by atoms with Gasteiger partial charge in [0.05, 0.1) is 20.0 Å². The first-order valence-electron chi connectivity index (χ1n) is 5.27. The van der Waals surface area contributed by atoms with Crippen LogP contribution in [0.25, 0.3) is 0 Å². The predicted octanol–water partition coefficient (Wildman–Crippen LogP) is 0.149. The van der Waals surface area contributed by atoms with Crippen LogP contribution in [0, 0.1) is 0 Å². The van der Waals surface area contributed by atoms with Gasteiger partial charge in [0.15, 0.2) is 0 Å². The standard InChI is InChI=1S/C11H15NO6S/c1-16-8-3-4-9(11(13)17-2)10(7-8)18-5-6-19(12,14)15/h3-4,7H,5-6H2,1-2H3,(H2,12,14,15). The van der Waals surface area contributed by atoms with Gasteiger partial charge in [0, 0.05) is 6.07 Å². The molecule has 1 aromatic carbocycles. The Hall–Kier alpha value is -1.80. The third kappa shape index (κ3) is 4.76. The molecule has 19 heavy (non-hydrogen) atoms. The fourth-order valence-electron chi connectivity index (χ4n) is 1.30. The summed E-state index contributed by atoms with van der Waals surface area (Å²) < 4.78 is 36.4. The Balaban J connectivity index is 2.91. The number of hydrogen-bond donors (Lipinski definition) is 1. The summed E-state index contributed by atoms with van der Waals surface area (Å²) in [5, 5.41) is 4.86. The van der Waals surface area contributed by atoms with E-state index in [-0.39, 0.29) is 23.7 Å². The molecule has 7 nitrogen and oxygen atoms in total. The molecule has 2 N–H and O–H groups in total. The fraction of sp³-hybridized carbons (Fsp3) is 0.364. The second-order valence-electron chi connectivity index (χ2n) is 3.57. The molecule has 0 atom stereocenters. The lowest BCUT2D eigenvalue weighted by molar-refractivity contribution is 0.0596. The molecule has 0 aromatic heterocycles. The van der Waals surface area contributed by atoms with Crippen LogP contribution >= 0.6 is 0 Å². The zero-order chi connectivity index (χ0) is 14.5. The Morgan fingerprint density at radius 3 is 2.53 bits per heavy atom. The molecule has 0 aliphatic heterocycles. The highest BCUT2D eigenvalue weighted by molar-refractivity contribution is 7.89. The van der Waals surface area contributed by atoms with Gasteiger partial charge in [0.2, 0.25) is 10.0 Å². The van der Waals surface area contributed by atoms with Gasteiger partial charge >= 0.3 is 5.97 Å². The van der Waals surface area contributed by atoms with Crippen molar-refractivity contribution >= 4 is 16.0 Å². The van der Waals surface area contributed by atoms with E-state index in [1.807, 2.05) is 0 Å². The van der Waals surface area contributed by atoms with Gasteiger partial charge in [-0.3, -0.25) is 0 Å². The van der Waals surface area contributed by atoms with E-state index in [0.29, 0.717) is 5.75 Å². The van der Waals surface area contributed by atoms with Crippen LogP contribution in [0.1, 0.15) is 10.4 Å². The molecule has 0 aliphatic rings. The van der Waals surface area contributed by atoms with Crippen molar-refractivity contribution in [2.45, 2.75) is 0 Å². The summed E-state index contributed by atoms with van der Waals surface area (Å²) in [4.78, 5) is 11.5. The van der Waals surface area contributed by atoms with E-state index in [2.05, 4.69) is 4.74 Å². The summed E-state index contributed by atoms with van der Waals surface area (Å²) >= 11 is 0. The lowest BCUT2D eigenvalue weighted by Crippen LogP contribution is -2.21. The summed E-state index contributed by atoms with van der Waals surface area (Å²) in [6.45, 7) is -0.171. The molecular weight excluding hydrogens is 274 g/mol.